The van der Waals surface area contributed by atoms with Crippen molar-refractivity contribution in [2.45, 2.75) is 33.2 Å². The number of aromatic nitrogens is 2. The minimum Gasteiger partial charge on any atom is -0.396 e. The summed E-state index contributed by atoms with van der Waals surface area (Å²) in [6.45, 7) is 7.11. The van der Waals surface area contributed by atoms with Crippen LogP contribution in [0.15, 0.2) is 10.7 Å². The molecule has 0 unspecified atom stereocenters. The fourth-order valence-electron chi connectivity index (χ4n) is 1.54. The molecule has 0 amide bonds. The second kappa shape index (κ2) is 6.15. The fourth-order valence-corrected chi connectivity index (χ4v) is 2.00. The molecule has 0 aliphatic rings. The topological polar surface area (TPSA) is 49.2 Å². The van der Waals surface area contributed by atoms with E-state index < -0.39 is 0 Å². The molecule has 0 bridgehead atoms. The highest BCUT2D eigenvalue weighted by Gasteiger charge is 2.12. The Hall–Kier alpha value is -0.680. The Bertz CT molecular complexity index is 324. The number of aryl methyl sites for hydroxylation is 1. The molecule has 5 heteroatoms. The van der Waals surface area contributed by atoms with Gasteiger partial charge in [-0.1, -0.05) is 0 Å². The van der Waals surface area contributed by atoms with Crippen LogP contribution in [0, 0.1) is 6.92 Å². The van der Waals surface area contributed by atoms with E-state index in [9.17, 15) is 0 Å². The summed E-state index contributed by atoms with van der Waals surface area (Å²) >= 11 is 3.37. The number of nitrogens with zero attached hydrogens (tertiary/aromatic N) is 3. The zero-order chi connectivity index (χ0) is 12.1. The molecule has 0 aliphatic heterocycles. The average molecular weight is 288 g/mol. The van der Waals surface area contributed by atoms with Crippen LogP contribution >= 0.6 is 15.9 Å². The van der Waals surface area contributed by atoms with Gasteiger partial charge in [-0.05, 0) is 43.1 Å². The van der Waals surface area contributed by atoms with Gasteiger partial charge in [-0.25, -0.2) is 9.97 Å². The lowest BCUT2D eigenvalue weighted by Crippen LogP contribution is -2.33. The van der Waals surface area contributed by atoms with Gasteiger partial charge >= 0.3 is 0 Å². The molecular formula is C11H18BrN3O. The van der Waals surface area contributed by atoms with Crippen LogP contribution in [0.25, 0.3) is 0 Å². The number of hydrogen-bond acceptors (Lipinski definition) is 4. The van der Waals surface area contributed by atoms with Crippen molar-refractivity contribution < 1.29 is 5.11 Å². The van der Waals surface area contributed by atoms with Gasteiger partial charge in [0, 0.05) is 25.3 Å². The zero-order valence-electron chi connectivity index (χ0n) is 9.94. The van der Waals surface area contributed by atoms with Crippen molar-refractivity contribution >= 4 is 21.7 Å². The normalized spacial score (nSPS) is 10.9. The summed E-state index contributed by atoms with van der Waals surface area (Å²) in [6, 6.07) is 2.26. The van der Waals surface area contributed by atoms with Crippen LogP contribution in [0.4, 0.5) is 5.82 Å². The first-order valence-electron chi connectivity index (χ1n) is 5.43. The molecule has 0 saturated carbocycles. The van der Waals surface area contributed by atoms with Gasteiger partial charge in [0.05, 0.1) is 0 Å². The molecule has 90 valence electrons. The van der Waals surface area contributed by atoms with E-state index in [-0.39, 0.29) is 6.61 Å². The maximum absolute atomic E-state index is 8.88. The van der Waals surface area contributed by atoms with Gasteiger partial charge in [0.25, 0.3) is 0 Å². The predicted molar refractivity (Wildman–Crippen MR) is 68.7 cm³/mol. The number of halogens is 1. The molecule has 4 nitrogen and oxygen atoms in total. The van der Waals surface area contributed by atoms with Gasteiger partial charge in [-0.2, -0.15) is 0 Å². The monoisotopic (exact) mass is 287 g/mol. The second-order valence-electron chi connectivity index (χ2n) is 3.96. The quantitative estimate of drug-likeness (QED) is 0.843. The van der Waals surface area contributed by atoms with E-state index in [4.69, 9.17) is 5.11 Å². The smallest absolute Gasteiger partial charge is 0.133 e. The van der Waals surface area contributed by atoms with Gasteiger partial charge in [-0.15, -0.1) is 0 Å². The number of aliphatic hydroxyl groups is 1. The van der Waals surface area contributed by atoms with Crippen molar-refractivity contribution in [1.82, 2.24) is 9.97 Å². The molecule has 1 aromatic heterocycles. The van der Waals surface area contributed by atoms with Crippen molar-refractivity contribution in [3.05, 3.63) is 16.5 Å². The lowest BCUT2D eigenvalue weighted by molar-refractivity contribution is 0.288. The molecule has 0 fully saturated rings. The van der Waals surface area contributed by atoms with Gasteiger partial charge in [0.15, 0.2) is 0 Å². The van der Waals surface area contributed by atoms with Crippen LogP contribution in [-0.4, -0.2) is 34.3 Å². The minimum absolute atomic E-state index is 0.203. The SMILES string of the molecule is Cc1nc(Br)cc(N(CCCO)C(C)C)n1. The van der Waals surface area contributed by atoms with Crippen LogP contribution in [0.5, 0.6) is 0 Å². The molecule has 0 aliphatic carbocycles. The Morgan fingerprint density at radius 2 is 2.12 bits per heavy atom. The van der Waals surface area contributed by atoms with Gasteiger partial charge in [0.2, 0.25) is 0 Å². The average Bonchev–Trinajstić information content (AvgIpc) is 2.16. The van der Waals surface area contributed by atoms with Gasteiger partial charge in [-0.3, -0.25) is 0 Å². The summed E-state index contributed by atoms with van der Waals surface area (Å²) in [5, 5.41) is 8.88. The van der Waals surface area contributed by atoms with E-state index in [0.29, 0.717) is 6.04 Å². The zero-order valence-corrected chi connectivity index (χ0v) is 11.5. The molecule has 0 radical (unpaired) electrons. The Morgan fingerprint density at radius 3 is 2.62 bits per heavy atom. The standard InChI is InChI=1S/C11H18BrN3O/c1-8(2)15(5-4-6-16)11-7-10(12)13-9(3)14-11/h7-8,16H,4-6H2,1-3H3. The second-order valence-corrected chi connectivity index (χ2v) is 4.77. The first-order valence-corrected chi connectivity index (χ1v) is 6.22. The van der Waals surface area contributed by atoms with E-state index in [1.807, 2.05) is 13.0 Å². The molecular weight excluding hydrogens is 270 g/mol. The summed E-state index contributed by atoms with van der Waals surface area (Å²) < 4.78 is 0.796. The largest absolute Gasteiger partial charge is 0.396 e. The number of hydrogen-bond donors (Lipinski definition) is 1. The predicted octanol–water partition coefficient (Wildman–Crippen LogP) is 2.14. The van der Waals surface area contributed by atoms with Crippen molar-refractivity contribution in [1.29, 1.82) is 0 Å². The molecule has 0 aromatic carbocycles. The number of anilines is 1. The Kier molecular flexibility index (Phi) is 5.15. The lowest BCUT2D eigenvalue weighted by Gasteiger charge is -2.27. The van der Waals surface area contributed by atoms with Crippen molar-refractivity contribution in [2.75, 3.05) is 18.1 Å². The molecule has 1 aromatic rings. The van der Waals surface area contributed by atoms with E-state index >= 15 is 0 Å². The Labute approximate surface area is 105 Å². The third-order valence-corrected chi connectivity index (χ3v) is 2.67. The van der Waals surface area contributed by atoms with E-state index in [1.165, 1.54) is 0 Å². The first-order chi connectivity index (χ1) is 7.54. The third kappa shape index (κ3) is 3.72. The third-order valence-electron chi connectivity index (χ3n) is 2.27. The summed E-state index contributed by atoms with van der Waals surface area (Å²) in [5.74, 6) is 1.65. The highest BCUT2D eigenvalue weighted by molar-refractivity contribution is 9.10. The van der Waals surface area contributed by atoms with Crippen LogP contribution in [-0.2, 0) is 0 Å². The van der Waals surface area contributed by atoms with Crippen LogP contribution < -0.4 is 4.90 Å². The molecule has 1 heterocycles. The van der Waals surface area contributed by atoms with E-state index in [0.717, 1.165) is 29.2 Å². The van der Waals surface area contributed by atoms with Crippen LogP contribution in [0.3, 0.4) is 0 Å². The maximum atomic E-state index is 8.88. The highest BCUT2D eigenvalue weighted by Crippen LogP contribution is 2.18. The molecule has 0 saturated heterocycles. The van der Waals surface area contributed by atoms with Crippen LogP contribution in [0.1, 0.15) is 26.1 Å². The van der Waals surface area contributed by atoms with Crippen molar-refractivity contribution in [2.24, 2.45) is 0 Å². The molecule has 1 N–H and O–H groups in total. The minimum atomic E-state index is 0.203. The summed E-state index contributed by atoms with van der Waals surface area (Å²) in [5.41, 5.74) is 0. The van der Waals surface area contributed by atoms with Crippen molar-refractivity contribution in [3.63, 3.8) is 0 Å². The first kappa shape index (κ1) is 13.4. The summed E-state index contributed by atoms with van der Waals surface area (Å²) in [7, 11) is 0. The molecule has 0 atom stereocenters. The van der Waals surface area contributed by atoms with Gasteiger partial charge < -0.3 is 10.0 Å². The molecule has 0 spiro atoms. The molecule has 1 rings (SSSR count). The lowest BCUT2D eigenvalue weighted by atomic mass is 10.3. The van der Waals surface area contributed by atoms with E-state index in [1.54, 1.807) is 0 Å². The van der Waals surface area contributed by atoms with E-state index in [2.05, 4.69) is 44.6 Å². The van der Waals surface area contributed by atoms with Gasteiger partial charge in [0.1, 0.15) is 16.2 Å². The maximum Gasteiger partial charge on any atom is 0.133 e. The summed E-state index contributed by atoms with van der Waals surface area (Å²) in [4.78, 5) is 10.8. The Balaban J connectivity index is 2.91. The van der Waals surface area contributed by atoms with Crippen LogP contribution in [0.2, 0.25) is 0 Å². The number of aliphatic hydroxyl groups excluding tert-OH is 1. The summed E-state index contributed by atoms with van der Waals surface area (Å²) in [6.07, 6.45) is 0.749. The Morgan fingerprint density at radius 1 is 1.44 bits per heavy atom. The highest BCUT2D eigenvalue weighted by atomic mass is 79.9. The number of rotatable bonds is 5. The fraction of sp³-hybridized carbons (Fsp3) is 0.636. The van der Waals surface area contributed by atoms with Crippen molar-refractivity contribution in [3.8, 4) is 0 Å². The molecule has 16 heavy (non-hydrogen) atoms.